The summed E-state index contributed by atoms with van der Waals surface area (Å²) in [6.45, 7) is 1.82. The molecule has 3 aromatic carbocycles. The Morgan fingerprint density at radius 1 is 1.09 bits per heavy atom. The van der Waals surface area contributed by atoms with Crippen molar-refractivity contribution in [2.24, 2.45) is 5.73 Å². The van der Waals surface area contributed by atoms with Gasteiger partial charge in [0, 0.05) is 11.6 Å². The van der Waals surface area contributed by atoms with Gasteiger partial charge in [-0.3, -0.25) is 15.0 Å². The Hall–Kier alpha value is -5.62. The van der Waals surface area contributed by atoms with Gasteiger partial charge in [0.15, 0.2) is 5.75 Å². The Morgan fingerprint density at radius 2 is 1.79 bits per heavy atom. The molecule has 2 aromatic heterocycles. The molecule has 0 saturated carbocycles. The quantitative estimate of drug-likeness (QED) is 0.139. The van der Waals surface area contributed by atoms with E-state index < -0.39 is 27.4 Å². The third kappa shape index (κ3) is 6.15. The highest BCUT2D eigenvalue weighted by Gasteiger charge is 2.36. The van der Waals surface area contributed by atoms with E-state index >= 15 is 0 Å². The Labute approximate surface area is 273 Å². The molecule has 0 spiro atoms. The number of ether oxygens (including phenoxy) is 2. The highest BCUT2D eigenvalue weighted by atomic mass is 32.2. The number of hydrogen-bond donors (Lipinski definition) is 5. The summed E-state index contributed by atoms with van der Waals surface area (Å²) in [6.07, 6.45) is 0.257. The van der Waals surface area contributed by atoms with Crippen LogP contribution in [0, 0.1) is 18.3 Å². The summed E-state index contributed by atoms with van der Waals surface area (Å²) < 4.78 is 37.5. The summed E-state index contributed by atoms with van der Waals surface area (Å²) in [5, 5.41) is 13.5. The number of allylic oxidation sites excluding steroid dienone is 1. The molecule has 0 bridgehead atoms. The molecule has 14 heteroatoms. The number of carbonyl (C=O) groups excluding carboxylic acids is 1. The van der Waals surface area contributed by atoms with Crippen molar-refractivity contribution >= 4 is 48.2 Å². The fourth-order valence-corrected chi connectivity index (χ4v) is 7.27. The molecule has 0 aliphatic carbocycles. The first-order valence-electron chi connectivity index (χ1n) is 14.2. The number of fused-ring (bicyclic) bond motifs is 3. The van der Waals surface area contributed by atoms with Gasteiger partial charge in [0.05, 0.1) is 38.9 Å². The number of carbonyl (C=O) groups is 1. The van der Waals surface area contributed by atoms with Crippen LogP contribution in [0.1, 0.15) is 33.0 Å². The van der Waals surface area contributed by atoms with E-state index in [1.165, 1.54) is 12.1 Å². The van der Waals surface area contributed by atoms with Crippen LogP contribution >= 0.6 is 11.3 Å². The van der Waals surface area contributed by atoms with Crippen LogP contribution in [0.5, 0.6) is 11.5 Å². The molecule has 1 atom stereocenters. The van der Waals surface area contributed by atoms with E-state index in [4.69, 9.17) is 15.2 Å². The zero-order valence-corrected chi connectivity index (χ0v) is 26.7. The number of benzene rings is 3. The molecule has 238 valence electrons. The Morgan fingerprint density at radius 3 is 2.45 bits per heavy atom. The number of aryl methyl sites for hydroxylation is 1. The number of para-hydroxylation sites is 1. The Bertz CT molecular complexity index is 2240. The molecule has 5 aromatic rings. The van der Waals surface area contributed by atoms with E-state index in [-0.39, 0.29) is 45.2 Å². The van der Waals surface area contributed by atoms with Gasteiger partial charge >= 0.3 is 0 Å². The van der Waals surface area contributed by atoms with Gasteiger partial charge in [-0.15, -0.1) is 16.2 Å². The average molecular weight is 669 g/mol. The largest absolute Gasteiger partial charge is 0.497 e. The van der Waals surface area contributed by atoms with E-state index in [2.05, 4.69) is 26.6 Å². The third-order valence-corrected chi connectivity index (χ3v) is 9.99. The topological polar surface area (TPSA) is 188 Å². The molecular weight excluding hydrogens is 641 g/mol. The number of H-pyrrole nitrogens is 1. The second-order valence-corrected chi connectivity index (χ2v) is 13.4. The van der Waals surface area contributed by atoms with E-state index in [9.17, 15) is 23.3 Å². The normalized spacial score (nSPS) is 14.2. The second kappa shape index (κ2) is 12.6. The third-order valence-electron chi connectivity index (χ3n) is 7.62. The van der Waals surface area contributed by atoms with Crippen LogP contribution in [0.15, 0.2) is 100 Å². The van der Waals surface area contributed by atoms with Crippen molar-refractivity contribution in [3.8, 4) is 17.6 Å². The summed E-state index contributed by atoms with van der Waals surface area (Å²) in [5.41, 5.74) is 10.6. The number of nitrogens with zero attached hydrogens (tertiary/aromatic N) is 1. The molecule has 0 fully saturated rings. The molecule has 1 amide bonds. The molecule has 6 rings (SSSR count). The number of aromatic amines is 1. The van der Waals surface area contributed by atoms with Gasteiger partial charge in [-0.25, -0.2) is 8.42 Å². The number of sulfonamides is 1. The number of hydrazine groups is 1. The van der Waals surface area contributed by atoms with Crippen molar-refractivity contribution in [1.29, 1.82) is 5.26 Å². The predicted octanol–water partition coefficient (Wildman–Crippen LogP) is 4.69. The number of nitriles is 1. The highest BCUT2D eigenvalue weighted by molar-refractivity contribution is 7.89. The maximum absolute atomic E-state index is 13.8. The molecule has 1 unspecified atom stereocenters. The lowest BCUT2D eigenvalue weighted by molar-refractivity contribution is 0.0947. The van der Waals surface area contributed by atoms with Crippen LogP contribution in [0.25, 0.3) is 10.2 Å². The molecule has 3 heterocycles. The maximum atomic E-state index is 13.8. The number of rotatable bonds is 9. The average Bonchev–Trinajstić information content (AvgIpc) is 3.42. The lowest BCUT2D eigenvalue weighted by Gasteiger charge is -2.25. The second-order valence-electron chi connectivity index (χ2n) is 10.7. The number of methoxy groups -OCH3 is 1. The van der Waals surface area contributed by atoms with E-state index in [0.29, 0.717) is 21.1 Å². The zero-order chi connectivity index (χ0) is 33.3. The van der Waals surface area contributed by atoms with Crippen LogP contribution < -0.4 is 36.3 Å². The first kappa shape index (κ1) is 31.4. The minimum atomic E-state index is -4.13. The first-order valence-corrected chi connectivity index (χ1v) is 16.5. The number of thiophene rings is 1. The lowest BCUT2D eigenvalue weighted by Crippen LogP contribution is -2.41. The number of nitrogens with one attached hydrogen (secondary N) is 4. The number of anilines is 2. The van der Waals surface area contributed by atoms with Crippen molar-refractivity contribution in [3.63, 3.8) is 0 Å². The van der Waals surface area contributed by atoms with Crippen molar-refractivity contribution in [1.82, 2.24) is 15.2 Å². The van der Waals surface area contributed by atoms with E-state index in [0.717, 1.165) is 22.5 Å². The van der Waals surface area contributed by atoms with Gasteiger partial charge in [-0.2, -0.15) is 5.26 Å². The van der Waals surface area contributed by atoms with Crippen molar-refractivity contribution in [2.45, 2.75) is 24.2 Å². The monoisotopic (exact) mass is 668 g/mol. The smallest absolute Gasteiger partial charge is 0.271 e. The SMILES string of the molecule is COc1ccc(CC2C(C#N)=C(N)Oc3c2c(=O)[nH]c2c(C(=O)NNS(=O)(=O)c4ccc(C)cc4)c(Nc4ccccc4)sc32)cc1. The van der Waals surface area contributed by atoms with Crippen LogP contribution in [0.3, 0.4) is 0 Å². The summed E-state index contributed by atoms with van der Waals surface area (Å²) in [6, 6.07) is 24.4. The number of nitrogens with two attached hydrogens (primary N) is 1. The summed E-state index contributed by atoms with van der Waals surface area (Å²) in [5.74, 6) is -0.989. The standard InChI is InChI=1S/C33H28N6O6S2/c1-18-8-14-22(15-9-18)47(42,43)39-38-32(41)26-27-29(46-33(26)36-20-6-4-3-5-7-20)28-25(31(40)37-27)23(24(17-34)30(35)45-28)16-19-10-12-21(44-2)13-11-19/h3-15,23,36,39H,16,35H2,1-2H3,(H,37,40)(H,38,41). The Kier molecular flexibility index (Phi) is 8.44. The van der Waals surface area contributed by atoms with Crippen molar-refractivity contribution < 1.29 is 22.7 Å². The summed E-state index contributed by atoms with van der Waals surface area (Å²) in [7, 11) is -2.57. The van der Waals surface area contributed by atoms with Crippen LogP contribution in [-0.4, -0.2) is 26.4 Å². The van der Waals surface area contributed by atoms with Crippen LogP contribution in [0.4, 0.5) is 10.7 Å². The van der Waals surface area contributed by atoms with Crippen molar-refractivity contribution in [2.75, 3.05) is 12.4 Å². The molecule has 47 heavy (non-hydrogen) atoms. The van der Waals surface area contributed by atoms with Gasteiger partial charge in [-0.05, 0) is 55.3 Å². The number of pyridine rings is 1. The fourth-order valence-electron chi connectivity index (χ4n) is 5.26. The van der Waals surface area contributed by atoms with Gasteiger partial charge in [0.2, 0.25) is 5.88 Å². The zero-order valence-electron chi connectivity index (χ0n) is 25.1. The molecule has 1 aliphatic rings. The van der Waals surface area contributed by atoms with Crippen molar-refractivity contribution in [3.05, 3.63) is 123 Å². The fraction of sp³-hybridized carbons (Fsp3) is 0.121. The minimum absolute atomic E-state index is 0.0377. The maximum Gasteiger partial charge on any atom is 0.271 e. The van der Waals surface area contributed by atoms with Crippen LogP contribution in [-0.2, 0) is 16.4 Å². The molecule has 1 aliphatic heterocycles. The van der Waals surface area contributed by atoms with Gasteiger partial charge in [0.1, 0.15) is 16.8 Å². The first-order chi connectivity index (χ1) is 22.6. The van der Waals surface area contributed by atoms with E-state index in [1.54, 1.807) is 55.6 Å². The number of hydrogen-bond acceptors (Lipinski definition) is 10. The molecule has 0 saturated heterocycles. The van der Waals surface area contributed by atoms with E-state index in [1.807, 2.05) is 25.1 Å². The lowest BCUT2D eigenvalue weighted by atomic mass is 9.85. The molecule has 0 radical (unpaired) electrons. The van der Waals surface area contributed by atoms with Gasteiger partial charge < -0.3 is 25.5 Å². The van der Waals surface area contributed by atoms with Crippen LogP contribution in [0.2, 0.25) is 0 Å². The van der Waals surface area contributed by atoms with Gasteiger partial charge in [0.25, 0.3) is 21.5 Å². The molecule has 12 nitrogen and oxygen atoms in total. The number of aromatic nitrogens is 1. The minimum Gasteiger partial charge on any atom is -0.497 e. The predicted molar refractivity (Wildman–Crippen MR) is 178 cm³/mol. The van der Waals surface area contributed by atoms with Gasteiger partial charge in [-0.1, -0.05) is 48.0 Å². The highest BCUT2D eigenvalue weighted by Crippen LogP contribution is 2.47. The Balaban J connectivity index is 1.45. The molecule has 6 N–H and O–H groups in total. The molecular formula is C33H28N6O6S2. The summed E-state index contributed by atoms with van der Waals surface area (Å²) >= 11 is 1.10. The number of amides is 1. The summed E-state index contributed by atoms with van der Waals surface area (Å²) in [4.78, 5) is 32.5.